The summed E-state index contributed by atoms with van der Waals surface area (Å²) >= 11 is 1.46. The highest BCUT2D eigenvalue weighted by molar-refractivity contribution is 7.11. The molecule has 6 nitrogen and oxygen atoms in total. The molecule has 0 saturated heterocycles. The molecule has 108 valence electrons. The van der Waals surface area contributed by atoms with E-state index in [4.69, 9.17) is 15.7 Å². The summed E-state index contributed by atoms with van der Waals surface area (Å²) in [6.07, 6.45) is 0.493. The van der Waals surface area contributed by atoms with Gasteiger partial charge >= 0.3 is 0 Å². The first-order chi connectivity index (χ1) is 9.76. The van der Waals surface area contributed by atoms with Gasteiger partial charge in [0.05, 0.1) is 12.1 Å². The van der Waals surface area contributed by atoms with Gasteiger partial charge in [0.25, 0.3) is 0 Å². The standard InChI is InChI=1S/C13H18N4O2S/c1-19-9-8-17(7-6-12(14)15-18)13-10-4-2-3-5-11(10)16-20-13/h2-5,18H,6-9H2,1H3,(H2,14,15). The monoisotopic (exact) mass is 294 g/mol. The molecule has 2 rings (SSSR count). The molecule has 0 radical (unpaired) electrons. The van der Waals surface area contributed by atoms with E-state index in [1.165, 1.54) is 11.5 Å². The van der Waals surface area contributed by atoms with Crippen molar-refractivity contribution in [2.24, 2.45) is 10.9 Å². The van der Waals surface area contributed by atoms with Crippen LogP contribution in [0.3, 0.4) is 0 Å². The minimum atomic E-state index is 0.223. The highest BCUT2D eigenvalue weighted by Crippen LogP contribution is 2.31. The smallest absolute Gasteiger partial charge is 0.140 e. The second-order valence-electron chi connectivity index (χ2n) is 4.33. The lowest BCUT2D eigenvalue weighted by Crippen LogP contribution is -2.30. The summed E-state index contributed by atoms with van der Waals surface area (Å²) in [5.41, 5.74) is 6.53. The fourth-order valence-corrected chi connectivity index (χ4v) is 2.83. The minimum absolute atomic E-state index is 0.223. The van der Waals surface area contributed by atoms with Gasteiger partial charge in [-0.3, -0.25) is 0 Å². The van der Waals surface area contributed by atoms with Crippen molar-refractivity contribution >= 4 is 33.3 Å². The van der Waals surface area contributed by atoms with Gasteiger partial charge in [0, 0.05) is 32.0 Å². The summed E-state index contributed by atoms with van der Waals surface area (Å²) in [7, 11) is 1.67. The third-order valence-electron chi connectivity index (χ3n) is 2.98. The summed E-state index contributed by atoms with van der Waals surface area (Å²) < 4.78 is 9.59. The lowest BCUT2D eigenvalue weighted by molar-refractivity contribution is 0.205. The van der Waals surface area contributed by atoms with Crippen molar-refractivity contribution < 1.29 is 9.94 Å². The van der Waals surface area contributed by atoms with Crippen molar-refractivity contribution in [3.63, 3.8) is 0 Å². The van der Waals surface area contributed by atoms with Gasteiger partial charge in [-0.1, -0.05) is 17.3 Å². The predicted molar refractivity (Wildman–Crippen MR) is 81.7 cm³/mol. The molecular weight excluding hydrogens is 276 g/mol. The van der Waals surface area contributed by atoms with E-state index in [9.17, 15) is 0 Å². The van der Waals surface area contributed by atoms with Crippen LogP contribution in [-0.4, -0.2) is 42.2 Å². The molecular formula is C13H18N4O2S. The number of hydrogen-bond acceptors (Lipinski definition) is 6. The number of aromatic nitrogens is 1. The molecule has 0 saturated carbocycles. The number of anilines is 1. The van der Waals surface area contributed by atoms with Gasteiger partial charge in [0.15, 0.2) is 0 Å². The lowest BCUT2D eigenvalue weighted by Gasteiger charge is -2.22. The highest BCUT2D eigenvalue weighted by Gasteiger charge is 2.14. The van der Waals surface area contributed by atoms with Crippen molar-refractivity contribution in [3.05, 3.63) is 24.3 Å². The quantitative estimate of drug-likeness (QED) is 0.352. The van der Waals surface area contributed by atoms with Crippen molar-refractivity contribution in [1.82, 2.24) is 4.37 Å². The number of nitrogens with zero attached hydrogens (tertiary/aromatic N) is 3. The van der Waals surface area contributed by atoms with Gasteiger partial charge in [-0.2, -0.15) is 4.37 Å². The molecule has 0 aliphatic carbocycles. The Morgan fingerprint density at radius 3 is 3.00 bits per heavy atom. The SMILES string of the molecule is COCCN(CCC(N)=NO)c1snc2ccccc12. The van der Waals surface area contributed by atoms with Gasteiger partial charge < -0.3 is 20.6 Å². The minimum Gasteiger partial charge on any atom is -0.409 e. The maximum Gasteiger partial charge on any atom is 0.140 e. The molecule has 0 fully saturated rings. The molecule has 0 spiro atoms. The molecule has 3 N–H and O–H groups in total. The van der Waals surface area contributed by atoms with E-state index in [2.05, 4.69) is 20.5 Å². The van der Waals surface area contributed by atoms with Crippen LogP contribution in [-0.2, 0) is 4.74 Å². The van der Waals surface area contributed by atoms with Crippen LogP contribution in [0.2, 0.25) is 0 Å². The van der Waals surface area contributed by atoms with Crippen LogP contribution in [0.4, 0.5) is 5.00 Å². The second-order valence-corrected chi connectivity index (χ2v) is 5.08. The predicted octanol–water partition coefficient (Wildman–Crippen LogP) is 1.89. The summed E-state index contributed by atoms with van der Waals surface area (Å²) in [5.74, 6) is 0.223. The van der Waals surface area contributed by atoms with Gasteiger partial charge in [0.2, 0.25) is 0 Å². The number of oxime groups is 1. The van der Waals surface area contributed by atoms with Crippen LogP contribution in [0.25, 0.3) is 10.9 Å². The Kier molecular flexibility index (Phi) is 5.14. The number of ether oxygens (including phenoxy) is 1. The number of methoxy groups -OCH3 is 1. The number of rotatable bonds is 7. The molecule has 0 bridgehead atoms. The van der Waals surface area contributed by atoms with E-state index in [1.54, 1.807) is 7.11 Å². The van der Waals surface area contributed by atoms with Gasteiger partial charge in [-0.15, -0.1) is 0 Å². The Hall–Kier alpha value is -1.86. The molecule has 0 unspecified atom stereocenters. The normalized spacial score (nSPS) is 11.9. The first-order valence-electron chi connectivity index (χ1n) is 6.31. The number of nitrogens with two attached hydrogens (primary N) is 1. The summed E-state index contributed by atoms with van der Waals surface area (Å²) in [5, 5.41) is 13.8. The first kappa shape index (κ1) is 14.5. The van der Waals surface area contributed by atoms with Gasteiger partial charge in [-0.25, -0.2) is 0 Å². The fourth-order valence-electron chi connectivity index (χ4n) is 1.92. The largest absolute Gasteiger partial charge is 0.409 e. The number of fused-ring (bicyclic) bond motifs is 1. The van der Waals surface area contributed by atoms with E-state index in [1.807, 2.05) is 18.2 Å². The summed E-state index contributed by atoms with van der Waals surface area (Å²) in [4.78, 5) is 2.15. The maximum atomic E-state index is 8.64. The van der Waals surface area contributed by atoms with Crippen molar-refractivity contribution in [1.29, 1.82) is 0 Å². The molecule has 0 aliphatic heterocycles. The van der Waals surface area contributed by atoms with Crippen molar-refractivity contribution in [2.75, 3.05) is 31.7 Å². The third-order valence-corrected chi connectivity index (χ3v) is 3.92. The Balaban J connectivity index is 2.20. The van der Waals surface area contributed by atoms with Crippen LogP contribution >= 0.6 is 11.5 Å². The van der Waals surface area contributed by atoms with E-state index >= 15 is 0 Å². The van der Waals surface area contributed by atoms with Crippen LogP contribution in [0.15, 0.2) is 29.4 Å². The van der Waals surface area contributed by atoms with Crippen LogP contribution in [0.5, 0.6) is 0 Å². The Labute approximate surface area is 121 Å². The van der Waals surface area contributed by atoms with Gasteiger partial charge in [-0.05, 0) is 23.7 Å². The van der Waals surface area contributed by atoms with E-state index in [-0.39, 0.29) is 5.84 Å². The Morgan fingerprint density at radius 1 is 1.45 bits per heavy atom. The zero-order chi connectivity index (χ0) is 14.4. The highest BCUT2D eigenvalue weighted by atomic mass is 32.1. The average molecular weight is 294 g/mol. The number of benzene rings is 1. The van der Waals surface area contributed by atoms with Crippen molar-refractivity contribution in [3.8, 4) is 0 Å². The number of amidine groups is 1. The zero-order valence-corrected chi connectivity index (χ0v) is 12.1. The second kappa shape index (κ2) is 7.06. The lowest BCUT2D eigenvalue weighted by atomic mass is 10.2. The molecule has 7 heteroatoms. The average Bonchev–Trinajstić information content (AvgIpc) is 2.91. The first-order valence-corrected chi connectivity index (χ1v) is 7.08. The fraction of sp³-hybridized carbons (Fsp3) is 0.385. The molecule has 20 heavy (non-hydrogen) atoms. The van der Waals surface area contributed by atoms with Crippen LogP contribution in [0, 0.1) is 0 Å². The Bertz CT molecular complexity index is 585. The van der Waals surface area contributed by atoms with Gasteiger partial charge in [0.1, 0.15) is 10.8 Å². The molecule has 1 aromatic carbocycles. The maximum absolute atomic E-state index is 8.64. The summed E-state index contributed by atoms with van der Waals surface area (Å²) in [6.45, 7) is 2.01. The molecule has 2 aromatic rings. The van der Waals surface area contributed by atoms with Crippen molar-refractivity contribution in [2.45, 2.75) is 6.42 Å². The summed E-state index contributed by atoms with van der Waals surface area (Å²) in [6, 6.07) is 8.02. The zero-order valence-electron chi connectivity index (χ0n) is 11.3. The molecule has 0 aliphatic rings. The van der Waals surface area contributed by atoms with E-state index in [0.29, 0.717) is 19.6 Å². The molecule has 0 amide bonds. The van der Waals surface area contributed by atoms with Crippen LogP contribution in [0.1, 0.15) is 6.42 Å². The van der Waals surface area contributed by atoms with Crippen LogP contribution < -0.4 is 10.6 Å². The molecule has 0 atom stereocenters. The number of hydrogen-bond donors (Lipinski definition) is 2. The van der Waals surface area contributed by atoms with E-state index < -0.39 is 0 Å². The molecule has 1 heterocycles. The molecule has 1 aromatic heterocycles. The van der Waals surface area contributed by atoms with E-state index in [0.717, 1.165) is 22.4 Å². The Morgan fingerprint density at radius 2 is 2.25 bits per heavy atom. The topological polar surface area (TPSA) is 84.0 Å². The third kappa shape index (κ3) is 3.37.